The third-order valence-electron chi connectivity index (χ3n) is 3.36. The summed E-state index contributed by atoms with van der Waals surface area (Å²) >= 11 is 0. The Balaban J connectivity index is 2.11. The quantitative estimate of drug-likeness (QED) is 0.783. The molecule has 0 amide bonds. The first-order valence-corrected chi connectivity index (χ1v) is 6.39. The zero-order valence-electron chi connectivity index (χ0n) is 11.2. The molecule has 3 rings (SSSR count). The van der Waals surface area contributed by atoms with Gasteiger partial charge in [0, 0.05) is 0 Å². The molecule has 0 radical (unpaired) electrons. The number of benzene rings is 2. The van der Waals surface area contributed by atoms with Crippen molar-refractivity contribution in [1.29, 1.82) is 5.26 Å². The maximum absolute atomic E-state index is 12.0. The fraction of sp³-hybridized carbons (Fsp3) is 0. The van der Waals surface area contributed by atoms with Crippen molar-refractivity contribution in [2.75, 3.05) is 0 Å². The smallest absolute Gasteiger partial charge is 0.335 e. The van der Waals surface area contributed by atoms with Crippen LogP contribution in [0.4, 0.5) is 0 Å². The van der Waals surface area contributed by atoms with Crippen molar-refractivity contribution in [3.63, 3.8) is 0 Å². The largest absolute Gasteiger partial charge is 0.478 e. The van der Waals surface area contributed by atoms with Gasteiger partial charge in [0.15, 0.2) is 0 Å². The number of carboxylic acids is 1. The van der Waals surface area contributed by atoms with E-state index in [-0.39, 0.29) is 16.6 Å². The van der Waals surface area contributed by atoms with E-state index in [4.69, 9.17) is 14.8 Å². The molecule has 0 atom stereocenters. The Labute approximate surface area is 124 Å². The molecule has 0 spiro atoms. The second-order valence-electron chi connectivity index (χ2n) is 4.68. The van der Waals surface area contributed by atoms with Gasteiger partial charge in [-0.05, 0) is 35.4 Å². The van der Waals surface area contributed by atoms with Gasteiger partial charge in [-0.1, -0.05) is 18.2 Å². The monoisotopic (exact) mass is 291 g/mol. The fourth-order valence-electron chi connectivity index (χ4n) is 2.19. The number of aromatic carboxylic acids is 1. The maximum atomic E-state index is 12.0. The van der Waals surface area contributed by atoms with Gasteiger partial charge in [-0.25, -0.2) is 4.79 Å². The summed E-state index contributed by atoms with van der Waals surface area (Å²) < 4.78 is 5.32. The second kappa shape index (κ2) is 5.19. The summed E-state index contributed by atoms with van der Waals surface area (Å²) in [4.78, 5) is 22.8. The lowest BCUT2D eigenvalue weighted by Gasteiger charge is -2.04. The number of carbonyl (C=O) groups is 1. The minimum Gasteiger partial charge on any atom is -0.478 e. The van der Waals surface area contributed by atoms with Gasteiger partial charge in [0.2, 0.25) is 5.43 Å². The van der Waals surface area contributed by atoms with Crippen LogP contribution in [0, 0.1) is 11.3 Å². The third-order valence-corrected chi connectivity index (χ3v) is 3.36. The highest BCUT2D eigenvalue weighted by molar-refractivity contribution is 5.89. The van der Waals surface area contributed by atoms with Crippen LogP contribution in [-0.2, 0) is 0 Å². The van der Waals surface area contributed by atoms with E-state index < -0.39 is 5.97 Å². The highest BCUT2D eigenvalue weighted by Crippen LogP contribution is 2.24. The van der Waals surface area contributed by atoms with E-state index in [1.54, 1.807) is 36.4 Å². The molecular formula is C17H9NO4. The minimum absolute atomic E-state index is 0.0361. The average Bonchev–Trinajstić information content (AvgIpc) is 2.55. The number of hydrogen-bond acceptors (Lipinski definition) is 4. The van der Waals surface area contributed by atoms with E-state index in [9.17, 15) is 9.59 Å². The van der Waals surface area contributed by atoms with Crippen molar-refractivity contribution in [2.45, 2.75) is 0 Å². The van der Waals surface area contributed by atoms with Crippen molar-refractivity contribution in [3.05, 3.63) is 70.1 Å². The van der Waals surface area contributed by atoms with Crippen LogP contribution in [0.1, 0.15) is 15.9 Å². The molecule has 106 valence electrons. The lowest BCUT2D eigenvalue weighted by atomic mass is 10.0. The van der Waals surface area contributed by atoms with Gasteiger partial charge in [0.1, 0.15) is 23.5 Å². The summed E-state index contributed by atoms with van der Waals surface area (Å²) in [6.45, 7) is 0. The van der Waals surface area contributed by atoms with E-state index in [1.807, 2.05) is 0 Å². The molecule has 5 heteroatoms. The van der Waals surface area contributed by atoms with Crippen LogP contribution >= 0.6 is 0 Å². The first-order chi connectivity index (χ1) is 10.6. The maximum Gasteiger partial charge on any atom is 0.335 e. The first-order valence-electron chi connectivity index (χ1n) is 6.39. The summed E-state index contributed by atoms with van der Waals surface area (Å²) in [5.41, 5.74) is 1.78. The van der Waals surface area contributed by atoms with Crippen LogP contribution in [0.5, 0.6) is 0 Å². The average molecular weight is 291 g/mol. The van der Waals surface area contributed by atoms with Crippen molar-refractivity contribution in [3.8, 4) is 17.2 Å². The van der Waals surface area contributed by atoms with Gasteiger partial charge in [-0.2, -0.15) is 5.26 Å². The molecule has 0 saturated carbocycles. The van der Waals surface area contributed by atoms with Crippen LogP contribution in [0.15, 0.2) is 57.9 Å². The van der Waals surface area contributed by atoms with Crippen LogP contribution in [0.2, 0.25) is 0 Å². The molecule has 0 saturated heterocycles. The summed E-state index contributed by atoms with van der Waals surface area (Å²) in [6.07, 6.45) is 1.14. The summed E-state index contributed by atoms with van der Waals surface area (Å²) in [6, 6.07) is 13.2. The Bertz CT molecular complexity index is 978. The fourth-order valence-corrected chi connectivity index (χ4v) is 2.19. The second-order valence-corrected chi connectivity index (χ2v) is 4.68. The summed E-state index contributed by atoms with van der Waals surface area (Å²) in [7, 11) is 0. The van der Waals surface area contributed by atoms with Gasteiger partial charge in [0.05, 0.1) is 10.9 Å². The lowest BCUT2D eigenvalue weighted by Crippen LogP contribution is -2.05. The van der Waals surface area contributed by atoms with E-state index in [1.165, 1.54) is 12.1 Å². The van der Waals surface area contributed by atoms with Gasteiger partial charge in [0.25, 0.3) is 0 Å². The Morgan fingerprint density at radius 2 is 1.77 bits per heavy atom. The molecule has 1 N–H and O–H groups in total. The van der Waals surface area contributed by atoms with Crippen molar-refractivity contribution >= 4 is 16.9 Å². The zero-order valence-corrected chi connectivity index (χ0v) is 11.2. The van der Waals surface area contributed by atoms with E-state index >= 15 is 0 Å². The van der Waals surface area contributed by atoms with Crippen molar-refractivity contribution < 1.29 is 14.3 Å². The number of nitrogens with zero attached hydrogens (tertiary/aromatic N) is 1. The number of carboxylic acid groups (broad SMARTS) is 1. The number of nitriles is 1. The first kappa shape index (κ1) is 13.6. The van der Waals surface area contributed by atoms with Gasteiger partial charge in [-0.15, -0.1) is 0 Å². The van der Waals surface area contributed by atoms with E-state index in [0.29, 0.717) is 11.0 Å². The molecule has 0 aliphatic heterocycles. The van der Waals surface area contributed by atoms with Crippen LogP contribution in [0.25, 0.3) is 22.1 Å². The Kier molecular flexibility index (Phi) is 3.20. The van der Waals surface area contributed by atoms with E-state index in [0.717, 1.165) is 17.4 Å². The number of rotatable bonds is 2. The molecular weight excluding hydrogens is 282 g/mol. The number of fused-ring (bicyclic) bond motifs is 1. The summed E-state index contributed by atoms with van der Waals surface area (Å²) in [5, 5.41) is 18.1. The highest BCUT2D eigenvalue weighted by atomic mass is 16.4. The molecule has 1 aromatic heterocycles. The minimum atomic E-state index is -0.986. The molecule has 2 aromatic carbocycles. The Morgan fingerprint density at radius 3 is 2.41 bits per heavy atom. The van der Waals surface area contributed by atoms with Gasteiger partial charge in [-0.3, -0.25) is 4.79 Å². The lowest BCUT2D eigenvalue weighted by molar-refractivity contribution is 0.0697. The third kappa shape index (κ3) is 2.23. The van der Waals surface area contributed by atoms with Crippen molar-refractivity contribution in [2.24, 2.45) is 0 Å². The van der Waals surface area contributed by atoms with Crippen LogP contribution in [0.3, 0.4) is 0 Å². The van der Waals surface area contributed by atoms with Gasteiger partial charge >= 0.3 is 5.97 Å². The molecule has 1 heterocycles. The van der Waals surface area contributed by atoms with E-state index in [2.05, 4.69) is 0 Å². The molecule has 0 aliphatic carbocycles. The van der Waals surface area contributed by atoms with Gasteiger partial charge < -0.3 is 9.52 Å². The molecule has 3 aromatic rings. The Hall–Kier alpha value is -3.39. The van der Waals surface area contributed by atoms with Crippen molar-refractivity contribution in [1.82, 2.24) is 0 Å². The zero-order chi connectivity index (χ0) is 15.7. The molecule has 5 nitrogen and oxygen atoms in total. The predicted molar refractivity (Wildman–Crippen MR) is 79.6 cm³/mol. The normalized spacial score (nSPS) is 10.3. The molecule has 0 unspecified atom stereocenters. The molecule has 22 heavy (non-hydrogen) atoms. The SMILES string of the molecule is N#Cc1coc2cc(-c3ccc(C(=O)O)cc3)ccc2c1=O. The summed E-state index contributed by atoms with van der Waals surface area (Å²) in [5.74, 6) is -0.986. The van der Waals surface area contributed by atoms with Crippen LogP contribution < -0.4 is 5.43 Å². The molecule has 0 bridgehead atoms. The predicted octanol–water partition coefficient (Wildman–Crippen LogP) is 3.03. The Morgan fingerprint density at radius 1 is 1.09 bits per heavy atom. The number of hydrogen-bond donors (Lipinski definition) is 1. The standard InChI is InChI=1S/C17H9NO4/c18-8-13-9-22-15-7-12(5-6-14(15)16(13)19)10-1-3-11(4-2-10)17(20)21/h1-7,9H,(H,20,21). The highest BCUT2D eigenvalue weighted by Gasteiger charge is 2.08. The van der Waals surface area contributed by atoms with Crippen LogP contribution in [-0.4, -0.2) is 11.1 Å². The topological polar surface area (TPSA) is 91.3 Å². The molecule has 0 aliphatic rings. The molecule has 0 fully saturated rings.